The summed E-state index contributed by atoms with van der Waals surface area (Å²) >= 11 is 0. The maximum absolute atomic E-state index is 12.1. The Bertz CT molecular complexity index is 810. The van der Waals surface area contributed by atoms with E-state index >= 15 is 0 Å². The van der Waals surface area contributed by atoms with Crippen LogP contribution in [0.2, 0.25) is 0 Å². The molecule has 0 radical (unpaired) electrons. The molecule has 126 valence electrons. The molecule has 0 saturated carbocycles. The molecule has 2 atom stereocenters. The van der Waals surface area contributed by atoms with Crippen molar-refractivity contribution in [2.24, 2.45) is 5.14 Å². The van der Waals surface area contributed by atoms with Gasteiger partial charge in [0, 0.05) is 19.8 Å². The second-order valence-corrected chi connectivity index (χ2v) is 6.60. The molecular weight excluding hydrogens is 328 g/mol. The van der Waals surface area contributed by atoms with E-state index in [0.717, 1.165) is 5.69 Å². The summed E-state index contributed by atoms with van der Waals surface area (Å²) in [6.45, 7) is 1.84. The summed E-state index contributed by atoms with van der Waals surface area (Å²) in [7, 11) is 2.04. The summed E-state index contributed by atoms with van der Waals surface area (Å²) in [6.07, 6.45) is 1.62. The van der Waals surface area contributed by atoms with Crippen LogP contribution in [0.3, 0.4) is 0 Å². The largest absolute Gasteiger partial charge is 0.346 e. The van der Waals surface area contributed by atoms with Crippen LogP contribution in [0.15, 0.2) is 35.4 Å². The second-order valence-electron chi connectivity index (χ2n) is 5.53. The van der Waals surface area contributed by atoms with Gasteiger partial charge in [-0.1, -0.05) is 0 Å². The molecule has 3 N–H and O–H groups in total. The van der Waals surface area contributed by atoms with Crippen LogP contribution >= 0.6 is 0 Å². The Morgan fingerprint density at radius 3 is 2.54 bits per heavy atom. The molecule has 2 aromatic rings. The van der Waals surface area contributed by atoms with Gasteiger partial charge in [0.1, 0.15) is 22.7 Å². The van der Waals surface area contributed by atoms with Crippen molar-refractivity contribution in [2.75, 3.05) is 29.2 Å². The van der Waals surface area contributed by atoms with Crippen molar-refractivity contribution in [3.63, 3.8) is 0 Å². The van der Waals surface area contributed by atoms with Gasteiger partial charge in [0.25, 0.3) is 0 Å². The number of likely N-dealkylation sites (N-methyl/N-ethyl adjacent to an activating group) is 2. The van der Waals surface area contributed by atoms with Gasteiger partial charge in [-0.2, -0.15) is 4.98 Å². The Balaban J connectivity index is 1.89. The zero-order valence-electron chi connectivity index (χ0n) is 13.6. The number of anilines is 4. The number of hydrogen-bond donors (Lipinski definition) is 2. The van der Waals surface area contributed by atoms with E-state index < -0.39 is 11.0 Å². The van der Waals surface area contributed by atoms with E-state index in [4.69, 9.17) is 5.14 Å². The molecule has 0 saturated heterocycles. The Morgan fingerprint density at radius 2 is 1.92 bits per heavy atom. The zero-order valence-corrected chi connectivity index (χ0v) is 14.4. The normalized spacial score (nSPS) is 18.3. The first-order valence-corrected chi connectivity index (χ1v) is 8.50. The standard InChI is InChI=1S/C15H18N6O2S/c1-9-14(22)21(3)12-8-17-15(19-13(12)20(9)2)18-10-4-6-11(7-5-10)24(16)23/h4-9H,16H2,1-3H3,(H,17,18,19). The number of nitrogens with two attached hydrogens (primary N) is 1. The summed E-state index contributed by atoms with van der Waals surface area (Å²) in [5.41, 5.74) is 1.42. The molecule has 2 unspecified atom stereocenters. The molecule has 8 nitrogen and oxygen atoms in total. The summed E-state index contributed by atoms with van der Waals surface area (Å²) in [4.78, 5) is 24.8. The predicted molar refractivity (Wildman–Crippen MR) is 93.6 cm³/mol. The summed E-state index contributed by atoms with van der Waals surface area (Å²) < 4.78 is 11.2. The Hall–Kier alpha value is -2.52. The predicted octanol–water partition coefficient (Wildman–Crippen LogP) is 1.00. The third-order valence-corrected chi connectivity index (χ3v) is 4.79. The average molecular weight is 346 g/mol. The quantitative estimate of drug-likeness (QED) is 0.859. The molecule has 0 aliphatic carbocycles. The molecule has 1 aromatic carbocycles. The van der Waals surface area contributed by atoms with Gasteiger partial charge in [0.15, 0.2) is 5.82 Å². The van der Waals surface area contributed by atoms with Crippen molar-refractivity contribution in [3.05, 3.63) is 30.5 Å². The molecule has 0 spiro atoms. The Kier molecular flexibility index (Phi) is 4.20. The Labute approximate surface area is 142 Å². The van der Waals surface area contributed by atoms with E-state index in [1.807, 2.05) is 18.9 Å². The van der Waals surface area contributed by atoms with E-state index in [-0.39, 0.29) is 11.9 Å². The van der Waals surface area contributed by atoms with Crippen molar-refractivity contribution >= 4 is 40.0 Å². The van der Waals surface area contributed by atoms with Crippen LogP contribution < -0.4 is 20.3 Å². The van der Waals surface area contributed by atoms with E-state index in [9.17, 15) is 9.00 Å². The highest BCUT2D eigenvalue weighted by Crippen LogP contribution is 2.32. The highest BCUT2D eigenvalue weighted by atomic mass is 32.2. The monoisotopic (exact) mass is 346 g/mol. The summed E-state index contributed by atoms with van der Waals surface area (Å²) in [5, 5.41) is 8.42. The fourth-order valence-corrected chi connectivity index (χ4v) is 2.88. The lowest BCUT2D eigenvalue weighted by atomic mass is 10.2. The number of rotatable bonds is 3. The smallest absolute Gasteiger partial charge is 0.249 e. The van der Waals surface area contributed by atoms with E-state index in [1.165, 1.54) is 0 Å². The first-order chi connectivity index (χ1) is 11.4. The van der Waals surface area contributed by atoms with Crippen LogP contribution in [0, 0.1) is 0 Å². The molecule has 1 aliphatic heterocycles. The molecule has 9 heteroatoms. The molecule has 1 amide bonds. The van der Waals surface area contributed by atoms with Crippen molar-refractivity contribution < 1.29 is 9.00 Å². The maximum atomic E-state index is 12.1. The van der Waals surface area contributed by atoms with Gasteiger partial charge in [-0.3, -0.25) is 4.79 Å². The SMILES string of the molecule is CC1C(=O)N(C)c2cnc(Nc3ccc(S(N)=O)cc3)nc2N1C. The molecule has 0 fully saturated rings. The first kappa shape index (κ1) is 16.3. The van der Waals surface area contributed by atoms with Crippen molar-refractivity contribution in [1.29, 1.82) is 0 Å². The fraction of sp³-hybridized carbons (Fsp3) is 0.267. The van der Waals surface area contributed by atoms with Gasteiger partial charge in [0.05, 0.1) is 11.1 Å². The van der Waals surface area contributed by atoms with Crippen LogP contribution in [-0.4, -0.2) is 40.2 Å². The van der Waals surface area contributed by atoms with Crippen molar-refractivity contribution in [2.45, 2.75) is 17.9 Å². The fourth-order valence-electron chi connectivity index (χ4n) is 2.47. The molecule has 1 aromatic heterocycles. The minimum atomic E-state index is -1.50. The van der Waals surface area contributed by atoms with Gasteiger partial charge in [0.2, 0.25) is 11.9 Å². The Morgan fingerprint density at radius 1 is 1.25 bits per heavy atom. The van der Waals surface area contributed by atoms with Crippen molar-refractivity contribution in [1.82, 2.24) is 9.97 Å². The molecule has 24 heavy (non-hydrogen) atoms. The number of nitrogens with one attached hydrogen (secondary N) is 1. The first-order valence-electron chi connectivity index (χ1n) is 7.29. The van der Waals surface area contributed by atoms with Gasteiger partial charge in [-0.25, -0.2) is 14.3 Å². The molecule has 1 aliphatic rings. The van der Waals surface area contributed by atoms with Crippen molar-refractivity contribution in [3.8, 4) is 0 Å². The topological polar surface area (TPSA) is 104 Å². The van der Waals surface area contributed by atoms with Gasteiger partial charge in [-0.05, 0) is 31.2 Å². The van der Waals surface area contributed by atoms with Gasteiger partial charge in [-0.15, -0.1) is 0 Å². The number of nitrogens with zero attached hydrogens (tertiary/aromatic N) is 4. The molecular formula is C15H18N6O2S. The number of amides is 1. The minimum Gasteiger partial charge on any atom is -0.346 e. The summed E-state index contributed by atoms with van der Waals surface area (Å²) in [6, 6.07) is 6.58. The van der Waals surface area contributed by atoms with Crippen LogP contribution in [0.25, 0.3) is 0 Å². The number of carbonyl (C=O) groups excluding carboxylic acids is 1. The van der Waals surface area contributed by atoms with Crippen LogP contribution in [0.5, 0.6) is 0 Å². The third-order valence-electron chi connectivity index (χ3n) is 4.06. The second kappa shape index (κ2) is 6.17. The molecule has 3 rings (SSSR count). The maximum Gasteiger partial charge on any atom is 0.249 e. The highest BCUT2D eigenvalue weighted by Gasteiger charge is 2.32. The zero-order chi connectivity index (χ0) is 17.4. The van der Waals surface area contributed by atoms with E-state index in [1.54, 1.807) is 42.4 Å². The number of hydrogen-bond acceptors (Lipinski definition) is 6. The number of aromatic nitrogens is 2. The summed E-state index contributed by atoms with van der Waals surface area (Å²) in [5.74, 6) is 1.10. The van der Waals surface area contributed by atoms with Gasteiger partial charge < -0.3 is 15.1 Å². The highest BCUT2D eigenvalue weighted by molar-refractivity contribution is 7.82. The van der Waals surface area contributed by atoms with Crippen LogP contribution in [-0.2, 0) is 15.8 Å². The lowest BCUT2D eigenvalue weighted by Crippen LogP contribution is -2.49. The average Bonchev–Trinajstić information content (AvgIpc) is 2.58. The number of benzene rings is 1. The number of carbonyl (C=O) groups is 1. The third kappa shape index (κ3) is 2.83. The van der Waals surface area contributed by atoms with E-state index in [2.05, 4.69) is 15.3 Å². The van der Waals surface area contributed by atoms with Crippen LogP contribution in [0.1, 0.15) is 6.92 Å². The minimum absolute atomic E-state index is 0.000294. The van der Waals surface area contributed by atoms with Crippen LogP contribution in [0.4, 0.5) is 23.1 Å². The van der Waals surface area contributed by atoms with Gasteiger partial charge >= 0.3 is 0 Å². The number of fused-ring (bicyclic) bond motifs is 1. The lowest BCUT2D eigenvalue weighted by Gasteiger charge is -2.36. The lowest BCUT2D eigenvalue weighted by molar-refractivity contribution is -0.119. The molecule has 0 bridgehead atoms. The molecule has 2 heterocycles. The van der Waals surface area contributed by atoms with E-state index in [0.29, 0.717) is 22.3 Å².